The van der Waals surface area contributed by atoms with Crippen molar-refractivity contribution in [2.45, 2.75) is 44.8 Å². The molecule has 0 radical (unpaired) electrons. The number of ether oxygens (including phenoxy) is 3. The van der Waals surface area contributed by atoms with E-state index in [1.165, 1.54) is 12.7 Å². The zero-order valence-corrected chi connectivity index (χ0v) is 22.5. The lowest BCUT2D eigenvalue weighted by atomic mass is 9.81. The van der Waals surface area contributed by atoms with Crippen molar-refractivity contribution in [1.29, 1.82) is 0 Å². The molecule has 3 aromatic carbocycles. The fourth-order valence-electron chi connectivity index (χ4n) is 4.66. The molecule has 0 amide bonds. The molecule has 1 atom stereocenters. The number of carboxylic acid groups (broad SMARTS) is 1. The average molecular weight is 527 g/mol. The summed E-state index contributed by atoms with van der Waals surface area (Å²) < 4.78 is 18.0. The first-order chi connectivity index (χ1) is 19.0. The standard InChI is InChI=1S/C32H34N2O5/c1-4-11-24-16-18-25(19-17-24)20-21-38-32(26-12-7-5-8-13-26,27-14-9-6-10-15-27)29(30(35)36)39-31-33-23(2)22-28(34-31)37-3/h5-10,12-19,22,29H,4,11,20-21H2,1-3H3,(H,35,36). The Bertz CT molecular complexity index is 1300. The number of aliphatic carboxylic acids is 1. The number of hydrogen-bond acceptors (Lipinski definition) is 6. The Morgan fingerprint density at radius 1 is 0.872 bits per heavy atom. The molecule has 0 saturated heterocycles. The highest BCUT2D eigenvalue weighted by Crippen LogP contribution is 2.39. The number of aromatic nitrogens is 2. The molecule has 0 bridgehead atoms. The molecule has 1 N–H and O–H groups in total. The van der Waals surface area contributed by atoms with Gasteiger partial charge in [-0.15, -0.1) is 0 Å². The second kappa shape index (κ2) is 13.0. The molecule has 4 aromatic rings. The number of methoxy groups -OCH3 is 1. The van der Waals surface area contributed by atoms with Gasteiger partial charge in [0, 0.05) is 11.8 Å². The molecular weight excluding hydrogens is 492 g/mol. The number of hydrogen-bond donors (Lipinski definition) is 1. The van der Waals surface area contributed by atoms with Crippen molar-refractivity contribution in [2.75, 3.05) is 13.7 Å². The third-order valence-electron chi connectivity index (χ3n) is 6.52. The molecular formula is C32H34N2O5. The zero-order chi connectivity index (χ0) is 27.7. The van der Waals surface area contributed by atoms with E-state index in [-0.39, 0.29) is 18.5 Å². The summed E-state index contributed by atoms with van der Waals surface area (Å²) in [6, 6.07) is 28.6. The van der Waals surface area contributed by atoms with Gasteiger partial charge in [-0.2, -0.15) is 4.98 Å². The lowest BCUT2D eigenvalue weighted by Gasteiger charge is -2.39. The SMILES string of the molecule is CCCc1ccc(CCOC(c2ccccc2)(c2ccccc2)C(Oc2nc(C)cc(OC)n2)C(=O)O)cc1. The van der Waals surface area contributed by atoms with Crippen LogP contribution in [0, 0.1) is 6.92 Å². The molecule has 0 aliphatic heterocycles. The van der Waals surface area contributed by atoms with Gasteiger partial charge in [-0.05, 0) is 42.0 Å². The predicted octanol–water partition coefficient (Wildman–Crippen LogP) is 5.78. The predicted molar refractivity (Wildman–Crippen MR) is 149 cm³/mol. The van der Waals surface area contributed by atoms with Crippen LogP contribution in [0.2, 0.25) is 0 Å². The molecule has 0 aliphatic rings. The van der Waals surface area contributed by atoms with E-state index in [4.69, 9.17) is 14.2 Å². The quantitative estimate of drug-likeness (QED) is 0.236. The maximum Gasteiger partial charge on any atom is 0.348 e. The molecule has 0 aliphatic carbocycles. The summed E-state index contributed by atoms with van der Waals surface area (Å²) in [6.45, 7) is 4.17. The van der Waals surface area contributed by atoms with E-state index in [1.54, 1.807) is 13.0 Å². The first-order valence-electron chi connectivity index (χ1n) is 13.1. The van der Waals surface area contributed by atoms with Crippen molar-refractivity contribution in [3.8, 4) is 11.9 Å². The molecule has 39 heavy (non-hydrogen) atoms. The second-order valence-electron chi connectivity index (χ2n) is 9.30. The van der Waals surface area contributed by atoms with Gasteiger partial charge in [0.25, 0.3) is 0 Å². The smallest absolute Gasteiger partial charge is 0.348 e. The van der Waals surface area contributed by atoms with Crippen molar-refractivity contribution >= 4 is 5.97 Å². The number of carbonyl (C=O) groups is 1. The maximum absolute atomic E-state index is 13.0. The van der Waals surface area contributed by atoms with Gasteiger partial charge >= 0.3 is 12.0 Å². The Morgan fingerprint density at radius 3 is 1.95 bits per heavy atom. The van der Waals surface area contributed by atoms with Gasteiger partial charge in [0.1, 0.15) is 0 Å². The normalized spacial score (nSPS) is 12.1. The Morgan fingerprint density at radius 2 is 1.44 bits per heavy atom. The van der Waals surface area contributed by atoms with Crippen LogP contribution in [-0.4, -0.2) is 40.9 Å². The fraction of sp³-hybridized carbons (Fsp3) is 0.281. The number of aryl methyl sites for hydroxylation is 2. The molecule has 4 rings (SSSR count). The summed E-state index contributed by atoms with van der Waals surface area (Å²) >= 11 is 0. The molecule has 1 unspecified atom stereocenters. The summed E-state index contributed by atoms with van der Waals surface area (Å²) in [5.74, 6) is -0.935. The lowest BCUT2D eigenvalue weighted by molar-refractivity contribution is -0.164. The van der Waals surface area contributed by atoms with E-state index in [9.17, 15) is 9.90 Å². The summed E-state index contributed by atoms with van der Waals surface area (Å²) in [4.78, 5) is 21.6. The third-order valence-corrected chi connectivity index (χ3v) is 6.52. The zero-order valence-electron chi connectivity index (χ0n) is 22.5. The number of rotatable bonds is 13. The minimum Gasteiger partial charge on any atom is -0.481 e. The van der Waals surface area contributed by atoms with E-state index in [0.717, 1.165) is 18.4 Å². The van der Waals surface area contributed by atoms with Crippen LogP contribution in [0.1, 0.15) is 41.3 Å². The van der Waals surface area contributed by atoms with E-state index in [0.29, 0.717) is 23.2 Å². The van der Waals surface area contributed by atoms with Gasteiger partial charge in [0.15, 0.2) is 5.60 Å². The van der Waals surface area contributed by atoms with Gasteiger partial charge in [0.2, 0.25) is 12.0 Å². The lowest BCUT2D eigenvalue weighted by Crippen LogP contribution is -2.51. The van der Waals surface area contributed by atoms with Crippen molar-refractivity contribution < 1.29 is 24.1 Å². The Hall–Kier alpha value is -4.23. The van der Waals surface area contributed by atoms with Crippen molar-refractivity contribution in [1.82, 2.24) is 9.97 Å². The Balaban J connectivity index is 1.77. The molecule has 0 saturated carbocycles. The van der Waals surface area contributed by atoms with Crippen molar-refractivity contribution in [3.63, 3.8) is 0 Å². The first-order valence-corrected chi connectivity index (χ1v) is 13.1. The molecule has 1 heterocycles. The van der Waals surface area contributed by atoms with Crippen LogP contribution < -0.4 is 9.47 Å². The number of benzene rings is 3. The summed E-state index contributed by atoms with van der Waals surface area (Å²) in [5.41, 5.74) is 2.75. The van der Waals surface area contributed by atoms with Crippen LogP contribution in [0.3, 0.4) is 0 Å². The largest absolute Gasteiger partial charge is 0.481 e. The van der Waals surface area contributed by atoms with E-state index in [1.807, 2.05) is 60.7 Å². The first kappa shape index (κ1) is 27.8. The van der Waals surface area contributed by atoms with Gasteiger partial charge in [0.05, 0.1) is 13.7 Å². The molecule has 0 fully saturated rings. The molecule has 0 spiro atoms. The summed E-state index contributed by atoms with van der Waals surface area (Å²) in [5, 5.41) is 10.6. The van der Waals surface area contributed by atoms with Crippen LogP contribution >= 0.6 is 0 Å². The maximum atomic E-state index is 13.0. The highest BCUT2D eigenvalue weighted by Gasteiger charge is 2.50. The number of nitrogens with zero attached hydrogens (tertiary/aromatic N) is 2. The fourth-order valence-corrected chi connectivity index (χ4v) is 4.66. The van der Waals surface area contributed by atoms with E-state index >= 15 is 0 Å². The van der Waals surface area contributed by atoms with Crippen LogP contribution in [0.5, 0.6) is 11.9 Å². The molecule has 7 heteroatoms. The van der Waals surface area contributed by atoms with Crippen LogP contribution in [0.4, 0.5) is 0 Å². The van der Waals surface area contributed by atoms with Crippen LogP contribution in [0.25, 0.3) is 0 Å². The van der Waals surface area contributed by atoms with E-state index < -0.39 is 17.7 Å². The monoisotopic (exact) mass is 526 g/mol. The van der Waals surface area contributed by atoms with Gasteiger partial charge in [-0.25, -0.2) is 9.78 Å². The molecule has 202 valence electrons. The summed E-state index contributed by atoms with van der Waals surface area (Å²) in [7, 11) is 1.48. The van der Waals surface area contributed by atoms with Gasteiger partial charge in [-0.1, -0.05) is 98.3 Å². The minimum absolute atomic E-state index is 0.106. The highest BCUT2D eigenvalue weighted by molar-refractivity contribution is 5.76. The van der Waals surface area contributed by atoms with Crippen molar-refractivity contribution in [3.05, 3.63) is 119 Å². The third kappa shape index (κ3) is 6.62. The Labute approximate surface area is 229 Å². The second-order valence-corrected chi connectivity index (χ2v) is 9.30. The van der Waals surface area contributed by atoms with Crippen LogP contribution in [-0.2, 0) is 28.0 Å². The average Bonchev–Trinajstić information content (AvgIpc) is 2.96. The van der Waals surface area contributed by atoms with Crippen molar-refractivity contribution in [2.24, 2.45) is 0 Å². The molecule has 1 aromatic heterocycles. The van der Waals surface area contributed by atoms with Gasteiger partial charge < -0.3 is 19.3 Å². The minimum atomic E-state index is -1.51. The Kier molecular flexibility index (Phi) is 9.28. The summed E-state index contributed by atoms with van der Waals surface area (Å²) in [6.07, 6.45) is 1.20. The van der Waals surface area contributed by atoms with E-state index in [2.05, 4.69) is 41.2 Å². The highest BCUT2D eigenvalue weighted by atomic mass is 16.6. The number of carboxylic acids is 1. The molecule has 7 nitrogen and oxygen atoms in total. The topological polar surface area (TPSA) is 90.8 Å². The van der Waals surface area contributed by atoms with Gasteiger partial charge in [-0.3, -0.25) is 0 Å². The van der Waals surface area contributed by atoms with Crippen LogP contribution in [0.15, 0.2) is 91.0 Å².